The Kier molecular flexibility index (Phi) is 6.91. The number of nitrogens with zero attached hydrogens (tertiary/aromatic N) is 1. The highest BCUT2D eigenvalue weighted by atomic mass is 35.5. The Morgan fingerprint density at radius 3 is 2.77 bits per heavy atom. The number of thioether (sulfide) groups is 1. The highest BCUT2D eigenvalue weighted by molar-refractivity contribution is 8.26. The van der Waals surface area contributed by atoms with Crippen LogP contribution < -0.4 is 9.47 Å². The number of benzene rings is 2. The third-order valence-corrected chi connectivity index (χ3v) is 5.68. The largest absolute Gasteiger partial charge is 0.493 e. The van der Waals surface area contributed by atoms with E-state index in [9.17, 15) is 14.0 Å². The van der Waals surface area contributed by atoms with Crippen molar-refractivity contribution in [3.8, 4) is 11.5 Å². The first-order chi connectivity index (χ1) is 14.3. The van der Waals surface area contributed by atoms with Gasteiger partial charge in [-0.2, -0.15) is 0 Å². The second-order valence-electron chi connectivity index (χ2n) is 5.98. The molecule has 2 aromatic carbocycles. The van der Waals surface area contributed by atoms with Crippen molar-refractivity contribution in [2.24, 2.45) is 0 Å². The summed E-state index contributed by atoms with van der Waals surface area (Å²) in [5, 5.41) is 0.0619. The molecule has 9 heteroatoms. The highest BCUT2D eigenvalue weighted by Crippen LogP contribution is 2.39. The quantitative estimate of drug-likeness (QED) is 0.195. The second-order valence-corrected chi connectivity index (χ2v) is 8.07. The molecule has 0 saturated carbocycles. The molecule has 5 nitrogen and oxygen atoms in total. The van der Waals surface area contributed by atoms with Gasteiger partial charge in [-0.3, -0.25) is 9.69 Å². The fourth-order valence-electron chi connectivity index (χ4n) is 2.63. The van der Waals surface area contributed by atoms with Gasteiger partial charge in [-0.1, -0.05) is 53.8 Å². The number of hydrogen-bond acceptors (Lipinski definition) is 6. The van der Waals surface area contributed by atoms with E-state index in [4.69, 9.17) is 33.3 Å². The number of hydrogen-bond donors (Lipinski definition) is 0. The van der Waals surface area contributed by atoms with Gasteiger partial charge in [0.2, 0.25) is 0 Å². The molecule has 1 saturated heterocycles. The summed E-state index contributed by atoms with van der Waals surface area (Å²) in [7, 11) is 1.37. The Bertz CT molecular complexity index is 1090. The number of carbonyl (C=O) groups is 2. The van der Waals surface area contributed by atoms with Gasteiger partial charge in [0.05, 0.1) is 22.6 Å². The molecule has 0 atom stereocenters. The molecular formula is C21H15ClFNO4S2. The van der Waals surface area contributed by atoms with E-state index in [1.54, 1.807) is 18.2 Å². The second kappa shape index (κ2) is 9.42. The van der Waals surface area contributed by atoms with Gasteiger partial charge < -0.3 is 9.47 Å². The minimum absolute atomic E-state index is 0.0521. The van der Waals surface area contributed by atoms with Crippen molar-refractivity contribution in [2.45, 2.75) is 0 Å². The minimum Gasteiger partial charge on any atom is -0.493 e. The van der Waals surface area contributed by atoms with Crippen LogP contribution in [0, 0.1) is 5.82 Å². The third kappa shape index (κ3) is 4.56. The molecule has 1 aliphatic rings. The monoisotopic (exact) mass is 463 g/mol. The summed E-state index contributed by atoms with van der Waals surface area (Å²) in [5.41, 5.74) is 0.312. The summed E-state index contributed by atoms with van der Waals surface area (Å²) in [6.07, 6.45) is 3.20. The molecule has 1 heterocycles. The van der Waals surface area contributed by atoms with Crippen LogP contribution in [0.2, 0.25) is 5.02 Å². The fourth-order valence-corrected chi connectivity index (χ4v) is 4.17. The van der Waals surface area contributed by atoms with Crippen LogP contribution in [0.15, 0.2) is 54.0 Å². The van der Waals surface area contributed by atoms with Crippen LogP contribution >= 0.6 is 35.6 Å². The third-order valence-electron chi connectivity index (χ3n) is 4.02. The number of esters is 1. The smallest absolute Gasteiger partial charge is 0.346 e. The van der Waals surface area contributed by atoms with E-state index in [1.807, 2.05) is 0 Å². The van der Waals surface area contributed by atoms with Crippen molar-refractivity contribution in [3.63, 3.8) is 0 Å². The van der Waals surface area contributed by atoms with E-state index in [-0.39, 0.29) is 28.0 Å². The maximum absolute atomic E-state index is 13.8. The van der Waals surface area contributed by atoms with Gasteiger partial charge in [0, 0.05) is 6.54 Å². The van der Waals surface area contributed by atoms with E-state index in [2.05, 4.69) is 6.58 Å². The van der Waals surface area contributed by atoms with Crippen LogP contribution in [0.3, 0.4) is 0 Å². The van der Waals surface area contributed by atoms with Gasteiger partial charge in [-0.25, -0.2) is 9.18 Å². The summed E-state index contributed by atoms with van der Waals surface area (Å²) in [6.45, 7) is 3.93. The molecule has 1 aliphatic heterocycles. The van der Waals surface area contributed by atoms with Gasteiger partial charge >= 0.3 is 5.97 Å². The number of methoxy groups -OCH3 is 1. The molecule has 0 aromatic heterocycles. The molecule has 1 fully saturated rings. The Hall–Kier alpha value is -2.68. The van der Waals surface area contributed by atoms with Crippen LogP contribution in [-0.4, -0.2) is 34.8 Å². The van der Waals surface area contributed by atoms with E-state index >= 15 is 0 Å². The zero-order valence-electron chi connectivity index (χ0n) is 15.7. The number of amides is 1. The Labute approximate surface area is 187 Å². The Morgan fingerprint density at radius 2 is 2.10 bits per heavy atom. The average Bonchev–Trinajstić information content (AvgIpc) is 2.97. The van der Waals surface area contributed by atoms with E-state index in [0.717, 1.165) is 17.8 Å². The van der Waals surface area contributed by atoms with Crippen LogP contribution in [-0.2, 0) is 4.79 Å². The molecule has 2 aromatic rings. The maximum Gasteiger partial charge on any atom is 0.346 e. The molecule has 0 bridgehead atoms. The zero-order chi connectivity index (χ0) is 21.8. The summed E-state index contributed by atoms with van der Waals surface area (Å²) in [5.74, 6) is -1.76. The van der Waals surface area contributed by atoms with Gasteiger partial charge in [0.1, 0.15) is 10.1 Å². The summed E-state index contributed by atoms with van der Waals surface area (Å²) in [4.78, 5) is 26.7. The predicted octanol–water partition coefficient (Wildman–Crippen LogP) is 5.09. The topological polar surface area (TPSA) is 55.8 Å². The first-order valence-corrected chi connectivity index (χ1v) is 10.2. The van der Waals surface area contributed by atoms with Crippen molar-refractivity contribution in [3.05, 3.63) is 75.9 Å². The van der Waals surface area contributed by atoms with Crippen molar-refractivity contribution in [1.82, 2.24) is 4.90 Å². The predicted molar refractivity (Wildman–Crippen MR) is 119 cm³/mol. The molecule has 30 heavy (non-hydrogen) atoms. The molecule has 154 valence electrons. The average molecular weight is 464 g/mol. The van der Waals surface area contributed by atoms with Gasteiger partial charge in [0.25, 0.3) is 5.91 Å². The number of rotatable bonds is 6. The van der Waals surface area contributed by atoms with Crippen LogP contribution in [0.1, 0.15) is 15.9 Å². The van der Waals surface area contributed by atoms with Crippen LogP contribution in [0.25, 0.3) is 6.08 Å². The molecule has 0 N–H and O–H groups in total. The molecular weight excluding hydrogens is 449 g/mol. The zero-order valence-corrected chi connectivity index (χ0v) is 18.1. The van der Waals surface area contributed by atoms with Gasteiger partial charge in [-0.05, 0) is 35.9 Å². The standard InChI is InChI=1S/C21H15ClFNO4S2/c1-3-8-24-19(25)17(30-21(24)29)11-12-9-14(22)18(16(10-12)27-2)28-20(26)13-6-4-5-7-15(13)23/h3-7,9-11H,1,8H2,2H3/b17-11-. The number of halogens is 2. The fraction of sp³-hybridized carbons (Fsp3) is 0.0952. The van der Waals surface area contributed by atoms with Gasteiger partial charge in [0.15, 0.2) is 11.5 Å². The van der Waals surface area contributed by atoms with E-state index < -0.39 is 11.8 Å². The normalized spacial score (nSPS) is 14.9. The molecule has 3 rings (SSSR count). The number of carbonyl (C=O) groups excluding carboxylic acids is 2. The summed E-state index contributed by atoms with van der Waals surface area (Å²) >= 11 is 12.7. The molecule has 0 unspecified atom stereocenters. The maximum atomic E-state index is 13.8. The first-order valence-electron chi connectivity index (χ1n) is 8.56. The van der Waals surface area contributed by atoms with Gasteiger partial charge in [-0.15, -0.1) is 6.58 Å². The summed E-state index contributed by atoms with van der Waals surface area (Å²) in [6, 6.07) is 8.50. The first kappa shape index (κ1) is 22.0. The van der Waals surface area contributed by atoms with Crippen molar-refractivity contribution >= 4 is 57.9 Å². The SMILES string of the molecule is C=CCN1C(=O)/C(=C/c2cc(Cl)c(OC(=O)c3ccccc3F)c(OC)c2)SC1=S. The lowest BCUT2D eigenvalue weighted by Crippen LogP contribution is -2.27. The molecule has 0 aliphatic carbocycles. The number of thiocarbonyl (C=S) groups is 1. The van der Waals surface area contributed by atoms with E-state index in [1.165, 1.54) is 36.3 Å². The highest BCUT2D eigenvalue weighted by Gasteiger charge is 2.31. The van der Waals surface area contributed by atoms with Crippen LogP contribution in [0.4, 0.5) is 4.39 Å². The van der Waals surface area contributed by atoms with Crippen molar-refractivity contribution < 1.29 is 23.5 Å². The lowest BCUT2D eigenvalue weighted by molar-refractivity contribution is -0.121. The lowest BCUT2D eigenvalue weighted by Gasteiger charge is -2.12. The Balaban J connectivity index is 1.90. The van der Waals surface area contributed by atoms with Crippen molar-refractivity contribution in [2.75, 3.05) is 13.7 Å². The molecule has 1 amide bonds. The lowest BCUT2D eigenvalue weighted by atomic mass is 10.1. The molecule has 0 radical (unpaired) electrons. The number of ether oxygens (including phenoxy) is 2. The Morgan fingerprint density at radius 1 is 1.37 bits per heavy atom. The molecule has 0 spiro atoms. The van der Waals surface area contributed by atoms with Crippen LogP contribution in [0.5, 0.6) is 11.5 Å². The van der Waals surface area contributed by atoms with Crippen molar-refractivity contribution in [1.29, 1.82) is 0 Å². The minimum atomic E-state index is -0.911. The van der Waals surface area contributed by atoms with E-state index in [0.29, 0.717) is 21.3 Å². The summed E-state index contributed by atoms with van der Waals surface area (Å²) < 4.78 is 24.8.